The van der Waals surface area contributed by atoms with Crippen molar-refractivity contribution < 1.29 is 0 Å². The minimum atomic E-state index is 0.501. The van der Waals surface area contributed by atoms with Crippen LogP contribution in [-0.2, 0) is 6.54 Å². The van der Waals surface area contributed by atoms with Gasteiger partial charge in [-0.25, -0.2) is 0 Å². The maximum atomic E-state index is 5.48. The van der Waals surface area contributed by atoms with Crippen LogP contribution < -0.4 is 11.1 Å². The number of anilines is 1. The molecule has 0 amide bonds. The molecule has 5 nitrogen and oxygen atoms in total. The van der Waals surface area contributed by atoms with E-state index in [1.54, 1.807) is 6.20 Å². The third kappa shape index (κ3) is 2.45. The predicted octanol–water partition coefficient (Wildman–Crippen LogP) is 0.392. The van der Waals surface area contributed by atoms with Crippen LogP contribution in [0.4, 0.5) is 5.82 Å². The molecule has 1 unspecified atom stereocenters. The zero-order chi connectivity index (χ0) is 9.80. The first-order chi connectivity index (χ1) is 6.84. The van der Waals surface area contributed by atoms with Gasteiger partial charge in [-0.3, -0.25) is 4.68 Å². The van der Waals surface area contributed by atoms with Crippen molar-refractivity contribution in [2.75, 3.05) is 12.3 Å². The van der Waals surface area contributed by atoms with Crippen molar-refractivity contribution in [3.8, 4) is 0 Å². The topological polar surface area (TPSA) is 68.8 Å². The summed E-state index contributed by atoms with van der Waals surface area (Å²) in [6, 6.07) is 0.647. The monoisotopic (exact) mass is 195 g/mol. The first-order valence-corrected chi connectivity index (χ1v) is 5.23. The van der Waals surface area contributed by atoms with E-state index in [0.29, 0.717) is 11.9 Å². The number of aromatic nitrogens is 3. The van der Waals surface area contributed by atoms with Gasteiger partial charge in [-0.2, -0.15) is 0 Å². The number of rotatable bonds is 3. The van der Waals surface area contributed by atoms with Gasteiger partial charge in [0.05, 0.1) is 6.20 Å². The highest BCUT2D eigenvalue weighted by Gasteiger charge is 2.12. The fourth-order valence-corrected chi connectivity index (χ4v) is 1.88. The van der Waals surface area contributed by atoms with Crippen LogP contribution >= 0.6 is 0 Å². The van der Waals surface area contributed by atoms with Gasteiger partial charge in [0.15, 0.2) is 5.82 Å². The number of hydrogen-bond acceptors (Lipinski definition) is 4. The van der Waals surface area contributed by atoms with Gasteiger partial charge in [-0.1, -0.05) is 11.6 Å². The van der Waals surface area contributed by atoms with Crippen LogP contribution in [0.5, 0.6) is 0 Å². The molecule has 0 radical (unpaired) electrons. The van der Waals surface area contributed by atoms with Crippen molar-refractivity contribution in [3.63, 3.8) is 0 Å². The lowest BCUT2D eigenvalue weighted by Crippen LogP contribution is -2.34. The molecule has 3 N–H and O–H groups in total. The van der Waals surface area contributed by atoms with Crippen LogP contribution in [0.3, 0.4) is 0 Å². The highest BCUT2D eigenvalue weighted by atomic mass is 15.4. The Morgan fingerprint density at radius 3 is 3.14 bits per heavy atom. The Morgan fingerprint density at radius 2 is 2.50 bits per heavy atom. The van der Waals surface area contributed by atoms with E-state index in [1.165, 1.54) is 19.3 Å². The molecule has 1 aliphatic heterocycles. The van der Waals surface area contributed by atoms with Crippen LogP contribution in [0.25, 0.3) is 0 Å². The van der Waals surface area contributed by atoms with Crippen molar-refractivity contribution in [3.05, 3.63) is 6.20 Å². The Morgan fingerprint density at radius 1 is 1.57 bits per heavy atom. The molecule has 0 bridgehead atoms. The Hall–Kier alpha value is -1.10. The Kier molecular flexibility index (Phi) is 2.98. The quantitative estimate of drug-likeness (QED) is 0.732. The van der Waals surface area contributed by atoms with Gasteiger partial charge < -0.3 is 11.1 Å². The van der Waals surface area contributed by atoms with E-state index in [2.05, 4.69) is 15.6 Å². The van der Waals surface area contributed by atoms with E-state index >= 15 is 0 Å². The molecule has 0 aliphatic carbocycles. The normalized spacial score (nSPS) is 22.4. The average molecular weight is 195 g/mol. The molecular formula is C9H17N5. The van der Waals surface area contributed by atoms with E-state index in [9.17, 15) is 0 Å². The van der Waals surface area contributed by atoms with E-state index in [4.69, 9.17) is 5.73 Å². The second-order valence-electron chi connectivity index (χ2n) is 3.84. The lowest BCUT2D eigenvalue weighted by atomic mass is 10.0. The molecule has 1 aromatic heterocycles. The summed E-state index contributed by atoms with van der Waals surface area (Å²) in [6.45, 7) is 2.06. The standard InChI is InChI=1S/C9H17N5/c10-9-7-14(13-12-9)6-4-8-3-1-2-5-11-8/h7-8,11H,1-6,10H2. The molecule has 5 heteroatoms. The molecule has 1 aliphatic rings. The Labute approximate surface area is 83.7 Å². The summed E-state index contributed by atoms with van der Waals surface area (Å²) in [5, 5.41) is 11.2. The van der Waals surface area contributed by atoms with Gasteiger partial charge in [0.1, 0.15) is 0 Å². The number of nitrogen functional groups attached to an aromatic ring is 1. The van der Waals surface area contributed by atoms with Crippen LogP contribution in [0, 0.1) is 0 Å². The van der Waals surface area contributed by atoms with Crippen LogP contribution in [-0.4, -0.2) is 27.6 Å². The second kappa shape index (κ2) is 4.41. The summed E-state index contributed by atoms with van der Waals surface area (Å²) < 4.78 is 1.81. The fraction of sp³-hybridized carbons (Fsp3) is 0.778. The van der Waals surface area contributed by atoms with Crippen LogP contribution in [0.1, 0.15) is 25.7 Å². The van der Waals surface area contributed by atoms with Gasteiger partial charge in [-0.05, 0) is 25.8 Å². The van der Waals surface area contributed by atoms with E-state index in [1.807, 2.05) is 4.68 Å². The number of hydrogen-bond donors (Lipinski definition) is 2. The number of nitrogens with two attached hydrogens (primary N) is 1. The minimum Gasteiger partial charge on any atom is -0.381 e. The molecule has 1 atom stereocenters. The average Bonchev–Trinajstić information content (AvgIpc) is 2.63. The summed E-state index contributed by atoms with van der Waals surface area (Å²) >= 11 is 0. The largest absolute Gasteiger partial charge is 0.381 e. The van der Waals surface area contributed by atoms with Gasteiger partial charge >= 0.3 is 0 Å². The fourth-order valence-electron chi connectivity index (χ4n) is 1.88. The number of nitrogens with one attached hydrogen (secondary N) is 1. The molecule has 0 aromatic carbocycles. The molecule has 0 spiro atoms. The first-order valence-electron chi connectivity index (χ1n) is 5.23. The van der Waals surface area contributed by atoms with Gasteiger partial charge in [-0.15, -0.1) is 5.10 Å². The van der Waals surface area contributed by atoms with Crippen molar-refractivity contribution >= 4 is 5.82 Å². The molecule has 1 fully saturated rings. The van der Waals surface area contributed by atoms with E-state index < -0.39 is 0 Å². The van der Waals surface area contributed by atoms with Crippen molar-refractivity contribution in [2.24, 2.45) is 0 Å². The van der Waals surface area contributed by atoms with Crippen molar-refractivity contribution in [2.45, 2.75) is 38.3 Å². The zero-order valence-corrected chi connectivity index (χ0v) is 8.32. The highest BCUT2D eigenvalue weighted by Crippen LogP contribution is 2.10. The number of nitrogens with zero attached hydrogens (tertiary/aromatic N) is 3. The van der Waals surface area contributed by atoms with Gasteiger partial charge in [0, 0.05) is 12.6 Å². The lowest BCUT2D eigenvalue weighted by molar-refractivity contribution is 0.359. The van der Waals surface area contributed by atoms with Crippen molar-refractivity contribution in [1.82, 2.24) is 20.3 Å². The molecule has 1 saturated heterocycles. The SMILES string of the molecule is Nc1cn(CCC2CCCCN2)nn1. The molecule has 78 valence electrons. The van der Waals surface area contributed by atoms with E-state index in [-0.39, 0.29) is 0 Å². The maximum absolute atomic E-state index is 5.48. The summed E-state index contributed by atoms with van der Waals surface area (Å²) in [4.78, 5) is 0. The number of piperidine rings is 1. The zero-order valence-electron chi connectivity index (χ0n) is 8.32. The van der Waals surface area contributed by atoms with Crippen LogP contribution in [0.15, 0.2) is 6.20 Å². The highest BCUT2D eigenvalue weighted by molar-refractivity contribution is 5.19. The van der Waals surface area contributed by atoms with Gasteiger partial charge in [0.2, 0.25) is 0 Å². The molecule has 2 heterocycles. The minimum absolute atomic E-state index is 0.501. The summed E-state index contributed by atoms with van der Waals surface area (Å²) in [5.74, 6) is 0.501. The maximum Gasteiger partial charge on any atom is 0.165 e. The second-order valence-corrected chi connectivity index (χ2v) is 3.84. The predicted molar refractivity (Wildman–Crippen MR) is 54.7 cm³/mol. The van der Waals surface area contributed by atoms with E-state index in [0.717, 1.165) is 19.5 Å². The summed E-state index contributed by atoms with van der Waals surface area (Å²) in [6.07, 6.45) is 6.83. The molecule has 0 saturated carbocycles. The number of aryl methyl sites for hydroxylation is 1. The third-order valence-corrected chi connectivity index (χ3v) is 2.68. The Balaban J connectivity index is 1.76. The van der Waals surface area contributed by atoms with Crippen molar-refractivity contribution in [1.29, 1.82) is 0 Å². The molecule has 1 aromatic rings. The smallest absolute Gasteiger partial charge is 0.165 e. The first kappa shape index (κ1) is 9.45. The summed E-state index contributed by atoms with van der Waals surface area (Å²) in [7, 11) is 0. The van der Waals surface area contributed by atoms with Crippen LogP contribution in [0.2, 0.25) is 0 Å². The summed E-state index contributed by atoms with van der Waals surface area (Å²) in [5.41, 5.74) is 5.48. The lowest BCUT2D eigenvalue weighted by Gasteiger charge is -2.22. The third-order valence-electron chi connectivity index (χ3n) is 2.68. The molecule has 14 heavy (non-hydrogen) atoms. The van der Waals surface area contributed by atoms with Gasteiger partial charge in [0.25, 0.3) is 0 Å². The molecular weight excluding hydrogens is 178 g/mol. The Bertz CT molecular complexity index is 276. The molecule has 2 rings (SSSR count).